The highest BCUT2D eigenvalue weighted by Crippen LogP contribution is 2.30. The summed E-state index contributed by atoms with van der Waals surface area (Å²) in [5, 5.41) is 9.31. The van der Waals surface area contributed by atoms with Crippen molar-refractivity contribution in [2.24, 2.45) is 5.92 Å². The molecule has 28 heavy (non-hydrogen) atoms. The predicted molar refractivity (Wildman–Crippen MR) is 103 cm³/mol. The summed E-state index contributed by atoms with van der Waals surface area (Å²) >= 11 is 0. The fraction of sp³-hybridized carbons (Fsp3) is 0.238. The molecule has 1 aromatic heterocycles. The normalized spacial score (nSPS) is 16.9. The molecule has 1 aliphatic heterocycles. The number of aromatic nitrogens is 1. The number of hydrogen-bond donors (Lipinski definition) is 1. The van der Waals surface area contributed by atoms with E-state index in [2.05, 4.69) is 4.98 Å². The summed E-state index contributed by atoms with van der Waals surface area (Å²) in [6.45, 7) is 3.16. The highest BCUT2D eigenvalue weighted by molar-refractivity contribution is 6.02. The van der Waals surface area contributed by atoms with Gasteiger partial charge in [-0.25, -0.2) is 0 Å². The Morgan fingerprint density at radius 3 is 2.36 bits per heavy atom. The third-order valence-corrected chi connectivity index (χ3v) is 4.48. The SMILES string of the molecule is CC(C)[C@H]1C(=O)N(CC(=O)O)C(c2ccccc2)=CN1C(=O)c1ccccn1. The van der Waals surface area contributed by atoms with Crippen LogP contribution in [-0.4, -0.2) is 50.3 Å². The topological polar surface area (TPSA) is 90.8 Å². The molecular weight excluding hydrogens is 358 g/mol. The van der Waals surface area contributed by atoms with Gasteiger partial charge in [-0.05, 0) is 23.6 Å². The molecule has 0 saturated heterocycles. The number of aliphatic carboxylic acids is 1. The first-order valence-electron chi connectivity index (χ1n) is 8.94. The molecule has 1 aromatic carbocycles. The Bertz CT molecular complexity index is 910. The van der Waals surface area contributed by atoms with E-state index in [4.69, 9.17) is 0 Å². The molecular formula is C21H21N3O4. The summed E-state index contributed by atoms with van der Waals surface area (Å²) in [5.74, 6) is -2.17. The molecule has 0 unspecified atom stereocenters. The number of nitrogens with zero attached hydrogens (tertiary/aromatic N) is 3. The van der Waals surface area contributed by atoms with Crippen molar-refractivity contribution in [2.45, 2.75) is 19.9 Å². The Hall–Kier alpha value is -3.48. The van der Waals surface area contributed by atoms with E-state index >= 15 is 0 Å². The molecule has 0 bridgehead atoms. The minimum Gasteiger partial charge on any atom is -0.480 e. The number of carbonyl (C=O) groups excluding carboxylic acids is 2. The lowest BCUT2D eigenvalue weighted by Crippen LogP contribution is -2.55. The van der Waals surface area contributed by atoms with E-state index in [9.17, 15) is 19.5 Å². The van der Waals surface area contributed by atoms with Gasteiger partial charge in [0.15, 0.2) is 0 Å². The molecule has 7 heteroatoms. The number of rotatable bonds is 5. The zero-order valence-electron chi connectivity index (χ0n) is 15.6. The van der Waals surface area contributed by atoms with Crippen LogP contribution in [0.5, 0.6) is 0 Å². The van der Waals surface area contributed by atoms with Gasteiger partial charge in [0.25, 0.3) is 11.8 Å². The van der Waals surface area contributed by atoms with Crippen molar-refractivity contribution in [1.82, 2.24) is 14.8 Å². The quantitative estimate of drug-likeness (QED) is 0.862. The fourth-order valence-corrected chi connectivity index (χ4v) is 3.23. The van der Waals surface area contributed by atoms with Crippen LogP contribution in [0.15, 0.2) is 60.9 Å². The third-order valence-electron chi connectivity index (χ3n) is 4.48. The molecule has 1 aliphatic rings. The van der Waals surface area contributed by atoms with Gasteiger partial charge < -0.3 is 5.11 Å². The molecule has 1 atom stereocenters. The average molecular weight is 379 g/mol. The molecule has 0 radical (unpaired) electrons. The van der Waals surface area contributed by atoms with Crippen molar-refractivity contribution >= 4 is 23.5 Å². The first-order valence-corrected chi connectivity index (χ1v) is 8.94. The molecule has 2 aromatic rings. The number of pyridine rings is 1. The minimum absolute atomic E-state index is 0.218. The monoisotopic (exact) mass is 379 g/mol. The van der Waals surface area contributed by atoms with Crippen molar-refractivity contribution in [2.75, 3.05) is 6.54 Å². The first kappa shape index (κ1) is 19.3. The molecule has 7 nitrogen and oxygen atoms in total. The standard InChI is InChI=1S/C21H21N3O4/c1-14(2)19-21(28)23(13-18(25)26)17(15-8-4-3-5-9-15)12-24(19)20(27)16-10-6-7-11-22-16/h3-12,14,19H,13H2,1-2H3,(H,25,26)/t19-/m0/s1. The highest BCUT2D eigenvalue weighted by atomic mass is 16.4. The molecule has 0 saturated carbocycles. The zero-order chi connectivity index (χ0) is 20.3. The van der Waals surface area contributed by atoms with Gasteiger partial charge >= 0.3 is 5.97 Å². The third kappa shape index (κ3) is 3.78. The molecule has 2 heterocycles. The van der Waals surface area contributed by atoms with Gasteiger partial charge in [0.1, 0.15) is 18.3 Å². The summed E-state index contributed by atoms with van der Waals surface area (Å²) in [4.78, 5) is 44.4. The lowest BCUT2D eigenvalue weighted by molar-refractivity contribution is -0.144. The average Bonchev–Trinajstić information content (AvgIpc) is 2.69. The van der Waals surface area contributed by atoms with Crippen LogP contribution in [0.3, 0.4) is 0 Å². The van der Waals surface area contributed by atoms with Crippen molar-refractivity contribution < 1.29 is 19.5 Å². The lowest BCUT2D eigenvalue weighted by Gasteiger charge is -2.40. The largest absolute Gasteiger partial charge is 0.480 e. The van der Waals surface area contributed by atoms with E-state index in [1.807, 2.05) is 19.9 Å². The van der Waals surface area contributed by atoms with Gasteiger partial charge in [-0.3, -0.25) is 29.2 Å². The number of carbonyl (C=O) groups is 3. The Kier molecular flexibility index (Phi) is 5.54. The summed E-state index contributed by atoms with van der Waals surface area (Å²) in [7, 11) is 0. The van der Waals surface area contributed by atoms with Gasteiger partial charge in [-0.1, -0.05) is 50.2 Å². The van der Waals surface area contributed by atoms with E-state index in [-0.39, 0.29) is 11.6 Å². The molecule has 0 aliphatic carbocycles. The van der Waals surface area contributed by atoms with Crippen LogP contribution in [0.4, 0.5) is 0 Å². The molecule has 3 rings (SSSR count). The molecule has 1 N–H and O–H groups in total. The van der Waals surface area contributed by atoms with Gasteiger partial charge in [-0.15, -0.1) is 0 Å². The molecule has 2 amide bonds. The summed E-state index contributed by atoms with van der Waals surface area (Å²) < 4.78 is 0. The van der Waals surface area contributed by atoms with Crippen molar-refractivity contribution in [3.63, 3.8) is 0 Å². The van der Waals surface area contributed by atoms with Crippen LogP contribution in [-0.2, 0) is 9.59 Å². The van der Waals surface area contributed by atoms with Gasteiger partial charge in [0.2, 0.25) is 0 Å². The zero-order valence-corrected chi connectivity index (χ0v) is 15.6. The Morgan fingerprint density at radius 2 is 1.79 bits per heavy atom. The van der Waals surface area contributed by atoms with Crippen LogP contribution < -0.4 is 0 Å². The van der Waals surface area contributed by atoms with E-state index in [1.54, 1.807) is 48.7 Å². The smallest absolute Gasteiger partial charge is 0.323 e. The Morgan fingerprint density at radius 1 is 1.11 bits per heavy atom. The van der Waals surface area contributed by atoms with Crippen LogP contribution in [0.25, 0.3) is 5.70 Å². The minimum atomic E-state index is -1.12. The molecule has 144 valence electrons. The maximum absolute atomic E-state index is 13.2. The Labute approximate surface area is 162 Å². The Balaban J connectivity index is 2.14. The second-order valence-corrected chi connectivity index (χ2v) is 6.81. The predicted octanol–water partition coefficient (Wildman–Crippen LogP) is 2.47. The summed E-state index contributed by atoms with van der Waals surface area (Å²) in [6, 6.07) is 13.1. The number of carboxylic acid groups (broad SMARTS) is 1. The van der Waals surface area contributed by atoms with Gasteiger partial charge in [0.05, 0.1) is 5.70 Å². The molecule has 0 spiro atoms. The van der Waals surface area contributed by atoms with E-state index in [0.717, 1.165) is 0 Å². The van der Waals surface area contributed by atoms with E-state index in [1.165, 1.54) is 16.0 Å². The van der Waals surface area contributed by atoms with Crippen molar-refractivity contribution in [1.29, 1.82) is 0 Å². The van der Waals surface area contributed by atoms with Crippen LogP contribution in [0.2, 0.25) is 0 Å². The van der Waals surface area contributed by atoms with Crippen LogP contribution in [0, 0.1) is 5.92 Å². The maximum atomic E-state index is 13.2. The number of carboxylic acids is 1. The van der Waals surface area contributed by atoms with E-state index in [0.29, 0.717) is 11.3 Å². The maximum Gasteiger partial charge on any atom is 0.323 e. The lowest BCUT2D eigenvalue weighted by atomic mass is 9.96. The van der Waals surface area contributed by atoms with E-state index < -0.39 is 30.4 Å². The second-order valence-electron chi connectivity index (χ2n) is 6.81. The summed E-state index contributed by atoms with van der Waals surface area (Å²) in [5.41, 5.74) is 1.24. The van der Waals surface area contributed by atoms with Crippen molar-refractivity contribution in [3.05, 3.63) is 72.2 Å². The van der Waals surface area contributed by atoms with Crippen molar-refractivity contribution in [3.8, 4) is 0 Å². The molecule has 0 fully saturated rings. The first-order chi connectivity index (χ1) is 13.4. The summed E-state index contributed by atoms with van der Waals surface area (Å²) in [6.07, 6.45) is 3.07. The van der Waals surface area contributed by atoms with Gasteiger partial charge in [-0.2, -0.15) is 0 Å². The number of amides is 2. The van der Waals surface area contributed by atoms with Crippen LogP contribution >= 0.6 is 0 Å². The number of benzene rings is 1. The highest BCUT2D eigenvalue weighted by Gasteiger charge is 2.41. The fourth-order valence-electron chi connectivity index (χ4n) is 3.23. The van der Waals surface area contributed by atoms with Gasteiger partial charge in [0, 0.05) is 12.4 Å². The van der Waals surface area contributed by atoms with Crippen LogP contribution in [0.1, 0.15) is 29.9 Å². The second kappa shape index (κ2) is 8.04. The number of hydrogen-bond acceptors (Lipinski definition) is 4.